The van der Waals surface area contributed by atoms with Crippen LogP contribution in [0.25, 0.3) is 0 Å². The highest BCUT2D eigenvalue weighted by atomic mass is 16.5. The van der Waals surface area contributed by atoms with Gasteiger partial charge < -0.3 is 15.4 Å². The summed E-state index contributed by atoms with van der Waals surface area (Å²) >= 11 is 0. The van der Waals surface area contributed by atoms with Crippen molar-refractivity contribution in [2.45, 2.75) is 65.8 Å². The lowest BCUT2D eigenvalue weighted by Gasteiger charge is -2.29. The van der Waals surface area contributed by atoms with Gasteiger partial charge in [-0.05, 0) is 62.6 Å². The first kappa shape index (κ1) is 22.9. The molecule has 2 N–H and O–H groups in total. The third-order valence-corrected chi connectivity index (χ3v) is 5.82. The predicted octanol–water partition coefficient (Wildman–Crippen LogP) is 4.16. The molecule has 2 unspecified atom stereocenters. The van der Waals surface area contributed by atoms with E-state index in [1.807, 2.05) is 13.8 Å². The minimum atomic E-state index is -0.613. The fourth-order valence-electron chi connectivity index (χ4n) is 3.65. The van der Waals surface area contributed by atoms with Gasteiger partial charge in [-0.3, -0.25) is 9.59 Å². The number of amides is 2. The lowest BCUT2D eigenvalue weighted by atomic mass is 9.82. The number of carbonyl (C=O) groups excluding carboxylic acids is 3. The molecule has 0 bridgehead atoms. The van der Waals surface area contributed by atoms with Crippen molar-refractivity contribution in [2.75, 3.05) is 11.9 Å². The molecule has 0 heterocycles. The second kappa shape index (κ2) is 11.0. The maximum Gasteiger partial charge on any atom is 0.338 e. The van der Waals surface area contributed by atoms with Gasteiger partial charge in [-0.25, -0.2) is 4.79 Å². The van der Waals surface area contributed by atoms with E-state index in [1.165, 1.54) is 0 Å². The maximum absolute atomic E-state index is 12.9. The molecule has 0 aliphatic heterocycles. The summed E-state index contributed by atoms with van der Waals surface area (Å²) in [4.78, 5) is 37.6. The molecule has 1 aromatic rings. The molecule has 2 amide bonds. The van der Waals surface area contributed by atoms with Crippen molar-refractivity contribution in [3.63, 3.8) is 0 Å². The van der Waals surface area contributed by atoms with Crippen molar-refractivity contribution >= 4 is 23.5 Å². The first-order valence-electron chi connectivity index (χ1n) is 10.7. The van der Waals surface area contributed by atoms with Gasteiger partial charge in [-0.15, -0.1) is 0 Å². The van der Waals surface area contributed by atoms with Crippen LogP contribution in [0.15, 0.2) is 24.3 Å². The zero-order valence-corrected chi connectivity index (χ0v) is 18.0. The molecule has 1 saturated carbocycles. The topological polar surface area (TPSA) is 84.5 Å². The molecular formula is C23H34N2O4. The molecule has 0 saturated heterocycles. The predicted molar refractivity (Wildman–Crippen MR) is 114 cm³/mol. The van der Waals surface area contributed by atoms with Crippen LogP contribution in [0, 0.1) is 17.8 Å². The molecule has 1 aliphatic carbocycles. The van der Waals surface area contributed by atoms with Gasteiger partial charge in [0.05, 0.1) is 12.2 Å². The van der Waals surface area contributed by atoms with Crippen LogP contribution in [0.4, 0.5) is 5.69 Å². The number of benzene rings is 1. The number of hydrogen-bond acceptors (Lipinski definition) is 4. The maximum atomic E-state index is 12.9. The molecule has 2 atom stereocenters. The van der Waals surface area contributed by atoms with Gasteiger partial charge in [0.15, 0.2) is 0 Å². The number of hydrogen-bond donors (Lipinski definition) is 2. The van der Waals surface area contributed by atoms with E-state index in [-0.39, 0.29) is 30.3 Å². The zero-order chi connectivity index (χ0) is 21.4. The van der Waals surface area contributed by atoms with Crippen molar-refractivity contribution < 1.29 is 19.1 Å². The number of rotatable bonds is 8. The van der Waals surface area contributed by atoms with E-state index in [2.05, 4.69) is 17.6 Å². The molecule has 0 aromatic heterocycles. The second-order valence-electron chi connectivity index (χ2n) is 8.12. The van der Waals surface area contributed by atoms with Crippen LogP contribution < -0.4 is 10.6 Å². The van der Waals surface area contributed by atoms with Gasteiger partial charge in [0.2, 0.25) is 11.8 Å². The molecule has 2 rings (SSSR count). The van der Waals surface area contributed by atoms with Crippen LogP contribution >= 0.6 is 0 Å². The monoisotopic (exact) mass is 402 g/mol. The molecular weight excluding hydrogens is 368 g/mol. The van der Waals surface area contributed by atoms with E-state index in [0.717, 1.165) is 32.1 Å². The van der Waals surface area contributed by atoms with Gasteiger partial charge in [0, 0.05) is 11.6 Å². The summed E-state index contributed by atoms with van der Waals surface area (Å²) in [6, 6.07) is 6.04. The summed E-state index contributed by atoms with van der Waals surface area (Å²) in [5, 5.41) is 5.84. The Hall–Kier alpha value is -2.37. The third kappa shape index (κ3) is 6.58. The Morgan fingerprint density at radius 3 is 2.45 bits per heavy atom. The lowest BCUT2D eigenvalue weighted by molar-refractivity contribution is -0.131. The summed E-state index contributed by atoms with van der Waals surface area (Å²) in [7, 11) is 0. The summed E-state index contributed by atoms with van der Waals surface area (Å²) in [5.41, 5.74) is 0.889. The quantitative estimate of drug-likeness (QED) is 0.640. The molecule has 0 radical (unpaired) electrons. The Bertz CT molecular complexity index is 711. The minimum absolute atomic E-state index is 0.00490. The summed E-state index contributed by atoms with van der Waals surface area (Å²) in [6.07, 6.45) is 4.63. The van der Waals surface area contributed by atoms with Crippen LogP contribution in [-0.4, -0.2) is 30.4 Å². The molecule has 160 valence electrons. The second-order valence-corrected chi connectivity index (χ2v) is 8.12. The summed E-state index contributed by atoms with van der Waals surface area (Å²) in [6.45, 7) is 8.21. The largest absolute Gasteiger partial charge is 0.462 e. The van der Waals surface area contributed by atoms with Crippen LogP contribution in [-0.2, 0) is 14.3 Å². The zero-order valence-electron chi connectivity index (χ0n) is 18.0. The van der Waals surface area contributed by atoms with Crippen molar-refractivity contribution in [1.29, 1.82) is 0 Å². The van der Waals surface area contributed by atoms with E-state index in [4.69, 9.17) is 4.74 Å². The normalized spacial score (nSPS) is 21.0. The summed E-state index contributed by atoms with van der Waals surface area (Å²) in [5.74, 6) is -0.0794. The van der Waals surface area contributed by atoms with E-state index >= 15 is 0 Å². The molecule has 1 fully saturated rings. The summed E-state index contributed by atoms with van der Waals surface area (Å²) < 4.78 is 5.01. The molecule has 29 heavy (non-hydrogen) atoms. The molecule has 0 spiro atoms. The standard InChI is InChI=1S/C23H34N2O4/c1-5-16(4)20(25-21(26)17-12-10-15(3)11-13-17)22(27)24-19-9-7-8-18(14-19)23(28)29-6-2/h7-9,14-17,20H,5-6,10-13H2,1-4H3,(H,24,27)(H,25,26). The number of nitrogens with one attached hydrogen (secondary N) is 2. The first-order chi connectivity index (χ1) is 13.8. The Morgan fingerprint density at radius 2 is 1.83 bits per heavy atom. The van der Waals surface area contributed by atoms with Gasteiger partial charge in [-0.2, -0.15) is 0 Å². The average molecular weight is 403 g/mol. The fourth-order valence-corrected chi connectivity index (χ4v) is 3.65. The highest BCUT2D eigenvalue weighted by Gasteiger charge is 2.30. The van der Waals surface area contributed by atoms with Crippen molar-refractivity contribution in [1.82, 2.24) is 5.32 Å². The van der Waals surface area contributed by atoms with E-state index in [9.17, 15) is 14.4 Å². The molecule has 6 nitrogen and oxygen atoms in total. The Morgan fingerprint density at radius 1 is 1.14 bits per heavy atom. The SMILES string of the molecule is CCOC(=O)c1cccc(NC(=O)C(NC(=O)C2CCC(C)CC2)C(C)CC)c1. The molecule has 1 aromatic carbocycles. The number of esters is 1. The first-order valence-corrected chi connectivity index (χ1v) is 10.7. The van der Waals surface area contributed by atoms with Crippen molar-refractivity contribution in [3.05, 3.63) is 29.8 Å². The van der Waals surface area contributed by atoms with Gasteiger partial charge >= 0.3 is 5.97 Å². The Balaban J connectivity index is 2.06. The van der Waals surface area contributed by atoms with Crippen LogP contribution in [0.1, 0.15) is 70.2 Å². The van der Waals surface area contributed by atoms with Crippen LogP contribution in [0.3, 0.4) is 0 Å². The average Bonchev–Trinajstić information content (AvgIpc) is 2.72. The number of anilines is 1. The van der Waals surface area contributed by atoms with Crippen LogP contribution in [0.2, 0.25) is 0 Å². The number of ether oxygens (including phenoxy) is 1. The van der Waals surface area contributed by atoms with Crippen molar-refractivity contribution in [3.8, 4) is 0 Å². The third-order valence-electron chi connectivity index (χ3n) is 5.82. The van der Waals surface area contributed by atoms with Gasteiger partial charge in [0.25, 0.3) is 0 Å². The smallest absolute Gasteiger partial charge is 0.338 e. The van der Waals surface area contributed by atoms with Gasteiger partial charge in [0.1, 0.15) is 6.04 Å². The Kier molecular flexibility index (Phi) is 8.68. The van der Waals surface area contributed by atoms with Crippen molar-refractivity contribution in [2.24, 2.45) is 17.8 Å². The van der Waals surface area contributed by atoms with Crippen LogP contribution in [0.5, 0.6) is 0 Å². The minimum Gasteiger partial charge on any atom is -0.462 e. The van der Waals surface area contributed by atoms with E-state index in [0.29, 0.717) is 17.2 Å². The molecule has 1 aliphatic rings. The highest BCUT2D eigenvalue weighted by Crippen LogP contribution is 2.28. The van der Waals surface area contributed by atoms with E-state index < -0.39 is 12.0 Å². The lowest BCUT2D eigenvalue weighted by Crippen LogP contribution is -2.49. The van der Waals surface area contributed by atoms with Gasteiger partial charge in [-0.1, -0.05) is 33.3 Å². The molecule has 6 heteroatoms. The Labute approximate surface area is 173 Å². The number of carbonyl (C=O) groups is 3. The highest BCUT2D eigenvalue weighted by molar-refractivity contribution is 5.99. The fraction of sp³-hybridized carbons (Fsp3) is 0.609. The van der Waals surface area contributed by atoms with E-state index in [1.54, 1.807) is 31.2 Å².